The summed E-state index contributed by atoms with van der Waals surface area (Å²) >= 11 is 1.59. The first kappa shape index (κ1) is 14.2. The molecule has 22 heavy (non-hydrogen) atoms. The molecule has 3 heterocycles. The SMILES string of the molecule is O=Cc1cscc1-c1ccc(C2CCC3CCCCN32)cc1. The number of aldehydes is 1. The maximum absolute atomic E-state index is 11.1. The maximum Gasteiger partial charge on any atom is 0.151 e. The molecular weight excluding hydrogens is 290 g/mol. The predicted octanol–water partition coefficient (Wildman–Crippen LogP) is 4.92. The monoisotopic (exact) mass is 311 g/mol. The van der Waals surface area contributed by atoms with Crippen molar-refractivity contribution in [3.8, 4) is 11.1 Å². The van der Waals surface area contributed by atoms with Crippen LogP contribution in [0.4, 0.5) is 0 Å². The lowest BCUT2D eigenvalue weighted by atomic mass is 9.99. The summed E-state index contributed by atoms with van der Waals surface area (Å²) in [4.78, 5) is 13.8. The van der Waals surface area contributed by atoms with Gasteiger partial charge < -0.3 is 0 Å². The zero-order chi connectivity index (χ0) is 14.9. The molecule has 0 aliphatic carbocycles. The van der Waals surface area contributed by atoms with Crippen molar-refractivity contribution in [2.24, 2.45) is 0 Å². The van der Waals surface area contributed by atoms with Gasteiger partial charge in [-0.05, 0) is 48.7 Å². The molecule has 2 fully saturated rings. The van der Waals surface area contributed by atoms with Gasteiger partial charge in [0, 0.05) is 28.6 Å². The number of piperidine rings is 1. The van der Waals surface area contributed by atoms with Crippen LogP contribution in [-0.2, 0) is 0 Å². The van der Waals surface area contributed by atoms with Crippen LogP contribution in [0.5, 0.6) is 0 Å². The minimum atomic E-state index is 0.604. The Morgan fingerprint density at radius 2 is 1.91 bits per heavy atom. The highest BCUT2D eigenvalue weighted by Crippen LogP contribution is 2.40. The summed E-state index contributed by atoms with van der Waals surface area (Å²) in [7, 11) is 0. The van der Waals surface area contributed by atoms with E-state index in [2.05, 4.69) is 34.5 Å². The number of nitrogens with zero attached hydrogens (tertiary/aromatic N) is 1. The van der Waals surface area contributed by atoms with Crippen LogP contribution < -0.4 is 0 Å². The molecule has 0 spiro atoms. The molecule has 2 saturated heterocycles. The van der Waals surface area contributed by atoms with Crippen LogP contribution in [-0.4, -0.2) is 23.8 Å². The highest BCUT2D eigenvalue weighted by molar-refractivity contribution is 7.08. The fourth-order valence-electron chi connectivity index (χ4n) is 4.14. The molecule has 2 nitrogen and oxygen atoms in total. The van der Waals surface area contributed by atoms with Crippen LogP contribution in [0.3, 0.4) is 0 Å². The number of hydrogen-bond acceptors (Lipinski definition) is 3. The van der Waals surface area contributed by atoms with E-state index in [0.717, 1.165) is 29.0 Å². The van der Waals surface area contributed by atoms with Crippen LogP contribution in [0.2, 0.25) is 0 Å². The molecule has 0 saturated carbocycles. The van der Waals surface area contributed by atoms with Crippen LogP contribution >= 0.6 is 11.3 Å². The molecule has 2 atom stereocenters. The molecule has 0 amide bonds. The third-order valence-corrected chi connectivity index (χ3v) is 6.03. The summed E-state index contributed by atoms with van der Waals surface area (Å²) < 4.78 is 0. The number of fused-ring (bicyclic) bond motifs is 1. The normalized spacial score (nSPS) is 25.1. The minimum Gasteiger partial charge on any atom is -0.298 e. The van der Waals surface area contributed by atoms with Gasteiger partial charge in [0.05, 0.1) is 0 Å². The van der Waals surface area contributed by atoms with Crippen molar-refractivity contribution < 1.29 is 4.79 Å². The molecule has 2 aliphatic rings. The summed E-state index contributed by atoms with van der Waals surface area (Å²) in [6.45, 7) is 1.26. The van der Waals surface area contributed by atoms with Crippen LogP contribution in [0.15, 0.2) is 35.0 Å². The van der Waals surface area contributed by atoms with Gasteiger partial charge in [-0.3, -0.25) is 9.69 Å². The molecule has 1 aromatic carbocycles. The summed E-state index contributed by atoms with van der Waals surface area (Å²) in [6.07, 6.45) is 7.73. The van der Waals surface area contributed by atoms with Gasteiger partial charge in [0.2, 0.25) is 0 Å². The Labute approximate surface area is 135 Å². The molecule has 0 N–H and O–H groups in total. The molecule has 114 valence electrons. The van der Waals surface area contributed by atoms with Gasteiger partial charge in [-0.15, -0.1) is 0 Å². The minimum absolute atomic E-state index is 0.604. The molecule has 2 aromatic rings. The number of carbonyl (C=O) groups excluding carboxylic acids is 1. The van der Waals surface area contributed by atoms with Gasteiger partial charge in [0.1, 0.15) is 0 Å². The second-order valence-corrected chi connectivity index (χ2v) is 7.20. The molecule has 0 bridgehead atoms. The molecule has 1 aromatic heterocycles. The Balaban J connectivity index is 1.58. The third kappa shape index (κ3) is 2.42. The predicted molar refractivity (Wildman–Crippen MR) is 91.5 cm³/mol. The van der Waals surface area contributed by atoms with Gasteiger partial charge >= 0.3 is 0 Å². The topological polar surface area (TPSA) is 20.3 Å². The second kappa shape index (κ2) is 5.98. The maximum atomic E-state index is 11.1. The lowest BCUT2D eigenvalue weighted by molar-refractivity contribution is 0.112. The Kier molecular flexibility index (Phi) is 3.85. The van der Waals surface area contributed by atoms with Crippen molar-refractivity contribution in [2.75, 3.05) is 6.54 Å². The summed E-state index contributed by atoms with van der Waals surface area (Å²) in [6, 6.07) is 10.3. The Hall–Kier alpha value is -1.45. The molecule has 3 heteroatoms. The highest BCUT2D eigenvalue weighted by atomic mass is 32.1. The number of thiophene rings is 1. The first-order chi connectivity index (χ1) is 10.9. The van der Waals surface area contributed by atoms with Crippen molar-refractivity contribution in [1.82, 2.24) is 4.90 Å². The number of rotatable bonds is 3. The Morgan fingerprint density at radius 1 is 1.05 bits per heavy atom. The van der Waals surface area contributed by atoms with Gasteiger partial charge in [-0.1, -0.05) is 30.7 Å². The van der Waals surface area contributed by atoms with Crippen molar-refractivity contribution in [3.05, 3.63) is 46.2 Å². The van der Waals surface area contributed by atoms with E-state index in [9.17, 15) is 4.79 Å². The largest absolute Gasteiger partial charge is 0.298 e. The van der Waals surface area contributed by atoms with E-state index < -0.39 is 0 Å². The van der Waals surface area contributed by atoms with Crippen molar-refractivity contribution in [3.63, 3.8) is 0 Å². The summed E-state index contributed by atoms with van der Waals surface area (Å²) in [5, 5.41) is 3.99. The van der Waals surface area contributed by atoms with E-state index in [1.807, 2.05) is 5.38 Å². The number of benzene rings is 1. The van der Waals surface area contributed by atoms with Crippen LogP contribution in [0, 0.1) is 0 Å². The van der Waals surface area contributed by atoms with Gasteiger partial charge in [-0.25, -0.2) is 0 Å². The van der Waals surface area contributed by atoms with E-state index in [1.54, 1.807) is 11.3 Å². The number of hydrogen-bond donors (Lipinski definition) is 0. The first-order valence-electron chi connectivity index (χ1n) is 8.24. The molecule has 0 radical (unpaired) electrons. The lowest BCUT2D eigenvalue weighted by Gasteiger charge is -2.34. The quantitative estimate of drug-likeness (QED) is 0.750. The Bertz CT molecular complexity index is 660. The van der Waals surface area contributed by atoms with Gasteiger partial charge in [-0.2, -0.15) is 11.3 Å². The zero-order valence-corrected chi connectivity index (χ0v) is 13.5. The average molecular weight is 311 g/mol. The zero-order valence-electron chi connectivity index (χ0n) is 12.7. The lowest BCUT2D eigenvalue weighted by Crippen LogP contribution is -2.35. The Morgan fingerprint density at radius 3 is 2.73 bits per heavy atom. The molecular formula is C19H21NOS. The van der Waals surface area contributed by atoms with Crippen molar-refractivity contribution in [1.29, 1.82) is 0 Å². The van der Waals surface area contributed by atoms with Gasteiger partial charge in [0.25, 0.3) is 0 Å². The van der Waals surface area contributed by atoms with Gasteiger partial charge in [0.15, 0.2) is 6.29 Å². The number of carbonyl (C=O) groups is 1. The summed E-state index contributed by atoms with van der Waals surface area (Å²) in [5.74, 6) is 0. The average Bonchev–Trinajstić information content (AvgIpc) is 3.21. The van der Waals surface area contributed by atoms with E-state index in [0.29, 0.717) is 6.04 Å². The fourth-order valence-corrected chi connectivity index (χ4v) is 4.94. The van der Waals surface area contributed by atoms with E-state index >= 15 is 0 Å². The molecule has 4 rings (SSSR count). The molecule has 2 unspecified atom stereocenters. The summed E-state index contributed by atoms with van der Waals surface area (Å²) in [5.41, 5.74) is 4.46. The van der Waals surface area contributed by atoms with Crippen molar-refractivity contribution in [2.45, 2.75) is 44.2 Å². The van der Waals surface area contributed by atoms with E-state index in [-0.39, 0.29) is 0 Å². The van der Waals surface area contributed by atoms with Crippen LogP contribution in [0.25, 0.3) is 11.1 Å². The van der Waals surface area contributed by atoms with E-state index in [1.165, 1.54) is 44.2 Å². The highest BCUT2D eigenvalue weighted by Gasteiger charge is 2.35. The van der Waals surface area contributed by atoms with Crippen molar-refractivity contribution >= 4 is 17.6 Å². The molecule has 2 aliphatic heterocycles. The standard InChI is InChI=1S/C19H21NOS/c21-11-16-12-22-13-18(16)14-4-6-15(7-5-14)19-9-8-17-3-1-2-10-20(17)19/h4-7,11-13,17,19H,1-3,8-10H2. The second-order valence-electron chi connectivity index (χ2n) is 6.46. The fraction of sp³-hybridized carbons (Fsp3) is 0.421. The first-order valence-corrected chi connectivity index (χ1v) is 9.18. The third-order valence-electron chi connectivity index (χ3n) is 5.27. The smallest absolute Gasteiger partial charge is 0.151 e. The van der Waals surface area contributed by atoms with Crippen LogP contribution in [0.1, 0.15) is 54.1 Å². The van der Waals surface area contributed by atoms with E-state index in [4.69, 9.17) is 0 Å².